The third-order valence-corrected chi connectivity index (χ3v) is 5.32. The third kappa shape index (κ3) is 3.09. The summed E-state index contributed by atoms with van der Waals surface area (Å²) in [5, 5.41) is 0. The summed E-state index contributed by atoms with van der Waals surface area (Å²) < 4.78 is 0. The first-order valence-corrected chi connectivity index (χ1v) is 8.95. The summed E-state index contributed by atoms with van der Waals surface area (Å²) in [6.07, 6.45) is 3.09. The van der Waals surface area contributed by atoms with E-state index in [0.717, 1.165) is 45.4 Å². The van der Waals surface area contributed by atoms with Crippen LogP contribution in [0.5, 0.6) is 0 Å². The fraction of sp³-hybridized carbons (Fsp3) is 0.381. The summed E-state index contributed by atoms with van der Waals surface area (Å²) in [7, 11) is 0. The van der Waals surface area contributed by atoms with Crippen molar-refractivity contribution in [1.82, 2.24) is 9.80 Å². The van der Waals surface area contributed by atoms with Crippen molar-refractivity contribution in [3.8, 4) is 0 Å². The number of rotatable bonds is 3. The Balaban J connectivity index is 1.46. The zero-order chi connectivity index (χ0) is 16.4. The van der Waals surface area contributed by atoms with Crippen LogP contribution in [0.25, 0.3) is 0 Å². The maximum Gasteiger partial charge on any atom is 0.240 e. The van der Waals surface area contributed by atoms with Crippen LogP contribution in [0.2, 0.25) is 0 Å². The summed E-state index contributed by atoms with van der Waals surface area (Å²) >= 11 is 0. The second kappa shape index (κ2) is 6.78. The van der Waals surface area contributed by atoms with Crippen molar-refractivity contribution >= 4 is 5.91 Å². The van der Waals surface area contributed by atoms with Gasteiger partial charge in [-0.25, -0.2) is 0 Å². The Morgan fingerprint density at radius 1 is 0.958 bits per heavy atom. The largest absolute Gasteiger partial charge is 0.337 e. The van der Waals surface area contributed by atoms with Crippen molar-refractivity contribution in [3.63, 3.8) is 0 Å². The molecule has 0 aromatic heterocycles. The van der Waals surface area contributed by atoms with Gasteiger partial charge in [0.1, 0.15) is 0 Å². The quantitative estimate of drug-likeness (QED) is 0.867. The van der Waals surface area contributed by atoms with E-state index < -0.39 is 0 Å². The van der Waals surface area contributed by atoms with Crippen LogP contribution in [-0.4, -0.2) is 34.8 Å². The van der Waals surface area contributed by atoms with Crippen molar-refractivity contribution in [2.24, 2.45) is 0 Å². The highest BCUT2D eigenvalue weighted by Gasteiger charge is 2.34. The van der Waals surface area contributed by atoms with Crippen LogP contribution in [0, 0.1) is 0 Å². The first kappa shape index (κ1) is 15.4. The molecule has 0 aliphatic carbocycles. The molecule has 0 saturated carbocycles. The number of hydrogen-bond donors (Lipinski definition) is 0. The molecule has 2 aliphatic heterocycles. The molecule has 1 atom stereocenters. The lowest BCUT2D eigenvalue weighted by Gasteiger charge is -2.33. The van der Waals surface area contributed by atoms with Gasteiger partial charge in [0.25, 0.3) is 0 Å². The van der Waals surface area contributed by atoms with Crippen LogP contribution in [0.3, 0.4) is 0 Å². The molecule has 124 valence electrons. The number of fused-ring (bicyclic) bond motifs is 1. The van der Waals surface area contributed by atoms with Gasteiger partial charge in [0, 0.05) is 19.6 Å². The summed E-state index contributed by atoms with van der Waals surface area (Å²) in [4.78, 5) is 17.5. The molecule has 24 heavy (non-hydrogen) atoms. The molecular formula is C21H24N2O. The van der Waals surface area contributed by atoms with Crippen molar-refractivity contribution < 1.29 is 4.79 Å². The van der Waals surface area contributed by atoms with E-state index in [9.17, 15) is 4.79 Å². The molecule has 1 fully saturated rings. The molecule has 2 aliphatic rings. The van der Waals surface area contributed by atoms with Gasteiger partial charge in [0.05, 0.1) is 6.04 Å². The van der Waals surface area contributed by atoms with E-state index in [4.69, 9.17) is 0 Å². The van der Waals surface area contributed by atoms with Crippen LogP contribution in [0.1, 0.15) is 29.5 Å². The molecule has 0 spiro atoms. The zero-order valence-corrected chi connectivity index (χ0v) is 14.0. The summed E-state index contributed by atoms with van der Waals surface area (Å²) in [5.74, 6) is 0.318. The van der Waals surface area contributed by atoms with Gasteiger partial charge in [-0.05, 0) is 42.5 Å². The molecule has 0 unspecified atom stereocenters. The third-order valence-electron chi connectivity index (χ3n) is 5.32. The second-order valence-electron chi connectivity index (χ2n) is 6.89. The van der Waals surface area contributed by atoms with Gasteiger partial charge in [-0.1, -0.05) is 54.6 Å². The first-order chi connectivity index (χ1) is 11.8. The number of amides is 1. The number of carbonyl (C=O) groups excluding carboxylic acids is 1. The SMILES string of the molecule is O=C([C@@H]1CCCN1Cc1ccccc1)N1CCc2ccccc2C1. The van der Waals surface area contributed by atoms with Crippen LogP contribution in [-0.2, 0) is 24.3 Å². The molecule has 1 saturated heterocycles. The minimum Gasteiger partial charge on any atom is -0.337 e. The van der Waals surface area contributed by atoms with Crippen LogP contribution < -0.4 is 0 Å². The van der Waals surface area contributed by atoms with Gasteiger partial charge in [-0.2, -0.15) is 0 Å². The first-order valence-electron chi connectivity index (χ1n) is 8.95. The van der Waals surface area contributed by atoms with Gasteiger partial charge < -0.3 is 4.90 Å². The minimum absolute atomic E-state index is 0.0514. The molecule has 3 heteroatoms. The van der Waals surface area contributed by atoms with Gasteiger partial charge in [-0.3, -0.25) is 9.69 Å². The Morgan fingerprint density at radius 2 is 1.71 bits per heavy atom. The summed E-state index contributed by atoms with van der Waals surface area (Å²) in [6, 6.07) is 19.1. The normalized spacial score (nSPS) is 20.8. The maximum absolute atomic E-state index is 13.1. The number of carbonyl (C=O) groups is 1. The average molecular weight is 320 g/mol. The Labute approximate surface area is 143 Å². The number of hydrogen-bond acceptors (Lipinski definition) is 2. The lowest BCUT2D eigenvalue weighted by molar-refractivity contribution is -0.137. The fourth-order valence-corrected chi connectivity index (χ4v) is 4.01. The van der Waals surface area contributed by atoms with Crippen molar-refractivity contribution in [1.29, 1.82) is 0 Å². The van der Waals surface area contributed by atoms with Gasteiger partial charge in [0.15, 0.2) is 0 Å². The van der Waals surface area contributed by atoms with E-state index in [0.29, 0.717) is 5.91 Å². The number of likely N-dealkylation sites (tertiary alicyclic amines) is 1. The van der Waals surface area contributed by atoms with Crippen molar-refractivity contribution in [2.75, 3.05) is 13.1 Å². The van der Waals surface area contributed by atoms with Crippen LogP contribution >= 0.6 is 0 Å². The highest BCUT2D eigenvalue weighted by molar-refractivity contribution is 5.82. The van der Waals surface area contributed by atoms with E-state index in [-0.39, 0.29) is 6.04 Å². The highest BCUT2D eigenvalue weighted by atomic mass is 16.2. The van der Waals surface area contributed by atoms with Gasteiger partial charge >= 0.3 is 0 Å². The Hall–Kier alpha value is -2.13. The summed E-state index contributed by atoms with van der Waals surface area (Å²) in [6.45, 7) is 3.52. The van der Waals surface area contributed by atoms with Crippen LogP contribution in [0.15, 0.2) is 54.6 Å². The highest BCUT2D eigenvalue weighted by Crippen LogP contribution is 2.25. The monoisotopic (exact) mass is 320 g/mol. The molecule has 2 aromatic carbocycles. The molecule has 0 bridgehead atoms. The average Bonchev–Trinajstić information content (AvgIpc) is 3.09. The zero-order valence-electron chi connectivity index (χ0n) is 14.0. The van der Waals surface area contributed by atoms with E-state index >= 15 is 0 Å². The molecule has 4 rings (SSSR count). The van der Waals surface area contributed by atoms with E-state index in [2.05, 4.69) is 58.3 Å². The number of benzene rings is 2. The van der Waals surface area contributed by atoms with Crippen molar-refractivity contribution in [3.05, 3.63) is 71.3 Å². The predicted molar refractivity (Wildman–Crippen MR) is 95.4 cm³/mol. The number of nitrogens with zero attached hydrogens (tertiary/aromatic N) is 2. The molecule has 0 radical (unpaired) electrons. The van der Waals surface area contributed by atoms with E-state index in [1.165, 1.54) is 16.7 Å². The molecule has 0 N–H and O–H groups in total. The summed E-state index contributed by atoms with van der Waals surface area (Å²) in [5.41, 5.74) is 4.00. The van der Waals surface area contributed by atoms with Crippen LogP contribution in [0.4, 0.5) is 0 Å². The topological polar surface area (TPSA) is 23.6 Å². The Kier molecular flexibility index (Phi) is 4.35. The predicted octanol–water partition coefficient (Wildman–Crippen LogP) is 3.24. The van der Waals surface area contributed by atoms with Crippen molar-refractivity contribution in [2.45, 2.75) is 38.4 Å². The molecule has 3 nitrogen and oxygen atoms in total. The fourth-order valence-electron chi connectivity index (χ4n) is 4.01. The van der Waals surface area contributed by atoms with Gasteiger partial charge in [0.2, 0.25) is 5.91 Å². The van der Waals surface area contributed by atoms with E-state index in [1.54, 1.807) is 0 Å². The molecule has 1 amide bonds. The van der Waals surface area contributed by atoms with Gasteiger partial charge in [-0.15, -0.1) is 0 Å². The Morgan fingerprint density at radius 3 is 2.54 bits per heavy atom. The smallest absolute Gasteiger partial charge is 0.240 e. The molecular weight excluding hydrogens is 296 g/mol. The lowest BCUT2D eigenvalue weighted by atomic mass is 9.99. The van der Waals surface area contributed by atoms with E-state index in [1.807, 2.05) is 6.07 Å². The standard InChI is InChI=1S/C21H24N2O/c24-21(23-14-12-18-9-4-5-10-19(18)16-23)20-11-6-13-22(20)15-17-7-2-1-3-8-17/h1-5,7-10,20H,6,11-16H2/t20-/m0/s1. The Bertz CT molecular complexity index is 713. The second-order valence-corrected chi connectivity index (χ2v) is 6.89. The lowest BCUT2D eigenvalue weighted by Crippen LogP contribution is -2.47. The molecule has 2 aromatic rings. The molecule has 2 heterocycles. The minimum atomic E-state index is 0.0514. The maximum atomic E-state index is 13.1.